The van der Waals surface area contributed by atoms with E-state index in [1.165, 1.54) is 0 Å². The van der Waals surface area contributed by atoms with Gasteiger partial charge in [0.2, 0.25) is 0 Å². The van der Waals surface area contributed by atoms with Crippen molar-refractivity contribution >= 4 is 29.0 Å². The highest BCUT2D eigenvalue weighted by Crippen LogP contribution is 2.28. The Morgan fingerprint density at radius 2 is 1.57 bits per heavy atom. The van der Waals surface area contributed by atoms with E-state index in [1.807, 2.05) is 30.3 Å². The molecule has 160 valence electrons. The van der Waals surface area contributed by atoms with E-state index in [2.05, 4.69) is 36.2 Å². The lowest BCUT2D eigenvalue weighted by Crippen LogP contribution is -2.20. The predicted octanol–water partition coefficient (Wildman–Crippen LogP) is 4.99. The molecule has 0 saturated heterocycles. The molecule has 6 heteroatoms. The first kappa shape index (κ1) is 23.4. The molecular weight excluding hydrogens is 400 g/mol. The first-order valence-corrected chi connectivity index (χ1v) is 9.64. The Labute approximate surface area is 184 Å². The van der Waals surface area contributed by atoms with E-state index < -0.39 is 0 Å². The fourth-order valence-electron chi connectivity index (χ4n) is 3.30. The Hall–Kier alpha value is -2.92. The van der Waals surface area contributed by atoms with Crippen LogP contribution in [0.4, 0.5) is 0 Å². The first-order chi connectivity index (χ1) is 14.0. The van der Waals surface area contributed by atoms with Crippen LogP contribution in [0.3, 0.4) is 0 Å². The van der Waals surface area contributed by atoms with E-state index in [4.69, 9.17) is 19.9 Å². The molecule has 0 aliphatic heterocycles. The number of hydrogen-bond donors (Lipinski definition) is 1. The van der Waals surface area contributed by atoms with Gasteiger partial charge in [0.1, 0.15) is 11.6 Å². The molecule has 30 heavy (non-hydrogen) atoms. The summed E-state index contributed by atoms with van der Waals surface area (Å²) < 4.78 is 15.9. The Morgan fingerprint density at radius 3 is 2.27 bits per heavy atom. The average molecular weight is 429 g/mol. The third kappa shape index (κ3) is 5.36. The van der Waals surface area contributed by atoms with Crippen LogP contribution in [0.5, 0.6) is 17.2 Å². The minimum Gasteiger partial charge on any atom is -0.497 e. The number of amidine groups is 1. The monoisotopic (exact) mass is 428 g/mol. The fraction of sp³-hybridized carbons (Fsp3) is 0.292. The number of aliphatic imine (C=N–C) groups is 1. The first-order valence-electron chi connectivity index (χ1n) is 9.64. The Balaban J connectivity index is 0.00000320. The van der Waals surface area contributed by atoms with E-state index >= 15 is 0 Å². The maximum Gasteiger partial charge on any atom is 0.160 e. The van der Waals surface area contributed by atoms with Gasteiger partial charge in [0, 0.05) is 12.5 Å². The van der Waals surface area contributed by atoms with Crippen LogP contribution in [0.2, 0.25) is 0 Å². The number of methoxy groups -OCH3 is 3. The SMILES string of the molecule is COc1ccc2cc(C(C)C(N)=NCCc3ccc(OC)c(OC)c3)ccc2c1.Cl. The van der Waals surface area contributed by atoms with Gasteiger partial charge in [-0.2, -0.15) is 0 Å². The van der Waals surface area contributed by atoms with Crippen molar-refractivity contribution in [1.82, 2.24) is 0 Å². The molecule has 0 aromatic heterocycles. The zero-order chi connectivity index (χ0) is 20.8. The molecule has 0 heterocycles. The molecule has 3 aromatic rings. The largest absolute Gasteiger partial charge is 0.497 e. The summed E-state index contributed by atoms with van der Waals surface area (Å²) in [6, 6.07) is 18.3. The van der Waals surface area contributed by atoms with Gasteiger partial charge in [-0.1, -0.05) is 37.3 Å². The van der Waals surface area contributed by atoms with Crippen LogP contribution in [0.15, 0.2) is 59.6 Å². The predicted molar refractivity (Wildman–Crippen MR) is 126 cm³/mol. The standard InChI is InChI=1S/C24H28N2O3.ClH/c1-16(18-6-7-20-15-21(27-2)9-8-19(20)14-18)24(25)26-12-11-17-5-10-22(28-3)23(13-17)29-4;/h5-10,13-16H,11-12H2,1-4H3,(H2,25,26);1H. The van der Waals surface area contributed by atoms with Crippen molar-refractivity contribution in [2.24, 2.45) is 10.7 Å². The van der Waals surface area contributed by atoms with Gasteiger partial charge in [-0.25, -0.2) is 0 Å². The van der Waals surface area contributed by atoms with Crippen molar-refractivity contribution in [2.75, 3.05) is 27.9 Å². The molecule has 0 spiro atoms. The molecular formula is C24H29ClN2O3. The molecule has 3 rings (SSSR count). The Morgan fingerprint density at radius 1 is 0.867 bits per heavy atom. The molecule has 0 saturated carbocycles. The lowest BCUT2D eigenvalue weighted by Gasteiger charge is -2.13. The summed E-state index contributed by atoms with van der Waals surface area (Å²) in [5.74, 6) is 2.99. The molecule has 0 radical (unpaired) electrons. The number of nitrogens with zero attached hydrogens (tertiary/aromatic N) is 1. The van der Waals surface area contributed by atoms with E-state index in [0.717, 1.165) is 45.6 Å². The van der Waals surface area contributed by atoms with Crippen molar-refractivity contribution in [2.45, 2.75) is 19.3 Å². The lowest BCUT2D eigenvalue weighted by molar-refractivity contribution is 0.354. The molecule has 2 N–H and O–H groups in total. The lowest BCUT2D eigenvalue weighted by atomic mass is 9.97. The molecule has 0 fully saturated rings. The van der Waals surface area contributed by atoms with Gasteiger partial charge in [0.05, 0.1) is 21.3 Å². The minimum absolute atomic E-state index is 0. The Kier molecular flexibility index (Phi) is 8.36. The number of ether oxygens (including phenoxy) is 3. The summed E-state index contributed by atoms with van der Waals surface area (Å²) in [5.41, 5.74) is 8.57. The quantitative estimate of drug-likeness (QED) is 0.405. The van der Waals surface area contributed by atoms with Crippen molar-refractivity contribution in [1.29, 1.82) is 0 Å². The third-order valence-electron chi connectivity index (χ3n) is 5.16. The Bertz CT molecular complexity index is 1020. The summed E-state index contributed by atoms with van der Waals surface area (Å²) >= 11 is 0. The van der Waals surface area contributed by atoms with E-state index in [0.29, 0.717) is 12.4 Å². The molecule has 3 aromatic carbocycles. The topological polar surface area (TPSA) is 66.1 Å². The van der Waals surface area contributed by atoms with Crippen molar-refractivity contribution in [3.8, 4) is 17.2 Å². The van der Waals surface area contributed by atoms with E-state index in [-0.39, 0.29) is 18.3 Å². The van der Waals surface area contributed by atoms with Gasteiger partial charge in [0.25, 0.3) is 0 Å². The van der Waals surface area contributed by atoms with Gasteiger partial charge < -0.3 is 19.9 Å². The third-order valence-corrected chi connectivity index (χ3v) is 5.16. The number of fused-ring (bicyclic) bond motifs is 1. The van der Waals surface area contributed by atoms with Crippen molar-refractivity contribution in [3.63, 3.8) is 0 Å². The van der Waals surface area contributed by atoms with Crippen LogP contribution in [-0.4, -0.2) is 33.7 Å². The number of nitrogens with two attached hydrogens (primary N) is 1. The van der Waals surface area contributed by atoms with Crippen molar-refractivity contribution < 1.29 is 14.2 Å². The molecule has 1 atom stereocenters. The second-order valence-electron chi connectivity index (χ2n) is 6.94. The number of benzene rings is 3. The summed E-state index contributed by atoms with van der Waals surface area (Å²) in [4.78, 5) is 4.60. The van der Waals surface area contributed by atoms with E-state index in [1.54, 1.807) is 21.3 Å². The summed E-state index contributed by atoms with van der Waals surface area (Å²) in [7, 11) is 4.95. The van der Waals surface area contributed by atoms with Gasteiger partial charge in [-0.3, -0.25) is 4.99 Å². The zero-order valence-corrected chi connectivity index (χ0v) is 18.7. The molecule has 1 unspecified atom stereocenters. The average Bonchev–Trinajstić information content (AvgIpc) is 2.77. The summed E-state index contributed by atoms with van der Waals surface area (Å²) in [6.07, 6.45) is 0.783. The maximum absolute atomic E-state index is 6.29. The fourth-order valence-corrected chi connectivity index (χ4v) is 3.30. The molecule has 5 nitrogen and oxygen atoms in total. The van der Waals surface area contributed by atoms with Gasteiger partial charge >= 0.3 is 0 Å². The zero-order valence-electron chi connectivity index (χ0n) is 17.8. The number of rotatable bonds is 8. The number of halogens is 1. The van der Waals surface area contributed by atoms with Crippen LogP contribution >= 0.6 is 12.4 Å². The molecule has 0 aliphatic carbocycles. The highest BCUT2D eigenvalue weighted by atomic mass is 35.5. The summed E-state index contributed by atoms with van der Waals surface area (Å²) in [5, 5.41) is 2.30. The minimum atomic E-state index is 0. The normalized spacial score (nSPS) is 12.2. The second kappa shape index (κ2) is 10.7. The maximum atomic E-state index is 6.29. The van der Waals surface area contributed by atoms with Crippen LogP contribution in [0.25, 0.3) is 10.8 Å². The van der Waals surface area contributed by atoms with Crippen molar-refractivity contribution in [3.05, 3.63) is 65.7 Å². The molecule has 0 aliphatic rings. The number of hydrogen-bond acceptors (Lipinski definition) is 4. The van der Waals surface area contributed by atoms with Crippen LogP contribution in [0, 0.1) is 0 Å². The molecule has 0 amide bonds. The highest BCUT2D eigenvalue weighted by Gasteiger charge is 2.11. The van der Waals surface area contributed by atoms with Crippen LogP contribution < -0.4 is 19.9 Å². The van der Waals surface area contributed by atoms with Gasteiger partial charge in [0.15, 0.2) is 11.5 Å². The smallest absolute Gasteiger partial charge is 0.160 e. The van der Waals surface area contributed by atoms with E-state index in [9.17, 15) is 0 Å². The highest BCUT2D eigenvalue weighted by molar-refractivity contribution is 5.90. The second-order valence-corrected chi connectivity index (χ2v) is 6.94. The van der Waals surface area contributed by atoms with Gasteiger partial charge in [-0.15, -0.1) is 12.4 Å². The van der Waals surface area contributed by atoms with Gasteiger partial charge in [-0.05, 0) is 52.6 Å². The van der Waals surface area contributed by atoms with Crippen LogP contribution in [0.1, 0.15) is 24.0 Å². The molecule has 0 bridgehead atoms. The summed E-state index contributed by atoms with van der Waals surface area (Å²) in [6.45, 7) is 2.70. The van der Waals surface area contributed by atoms with Crippen LogP contribution in [-0.2, 0) is 6.42 Å².